The Labute approximate surface area is 333 Å². The molecule has 9 rings (SSSR count). The van der Waals surface area contributed by atoms with Gasteiger partial charge in [-0.2, -0.15) is 9.97 Å². The van der Waals surface area contributed by atoms with E-state index in [1.807, 2.05) is 25.1 Å². The Balaban J connectivity index is 1.48. The molecular formula is C45H39B6N5. The summed E-state index contributed by atoms with van der Waals surface area (Å²) in [7, 11) is 13.4. The lowest BCUT2D eigenvalue weighted by Gasteiger charge is -2.16. The summed E-state index contributed by atoms with van der Waals surface area (Å²) in [5.41, 5.74) is 17.3. The van der Waals surface area contributed by atoms with Crippen LogP contribution >= 0.6 is 0 Å². The van der Waals surface area contributed by atoms with E-state index in [1.54, 1.807) is 0 Å². The number of allylic oxidation sites excluding steroid dienone is 4. The van der Waals surface area contributed by atoms with Crippen LogP contribution in [0.3, 0.4) is 0 Å². The lowest BCUT2D eigenvalue weighted by atomic mass is 9.74. The molecule has 0 fully saturated rings. The van der Waals surface area contributed by atoms with Gasteiger partial charge < -0.3 is 4.57 Å². The van der Waals surface area contributed by atoms with Crippen LogP contribution in [0, 0.1) is 0 Å². The normalized spacial score (nSPS) is 12.2. The van der Waals surface area contributed by atoms with Crippen LogP contribution in [0.4, 0.5) is 0 Å². The smallest absolute Gasteiger partial charge is 0.238 e. The minimum absolute atomic E-state index is 0.593. The summed E-state index contributed by atoms with van der Waals surface area (Å²) in [4.78, 5) is 16.0. The highest BCUT2D eigenvalue weighted by Crippen LogP contribution is 2.39. The molecule has 0 N–H and O–H groups in total. The van der Waals surface area contributed by atoms with Crippen molar-refractivity contribution in [2.24, 2.45) is 0 Å². The van der Waals surface area contributed by atoms with E-state index >= 15 is 0 Å². The van der Waals surface area contributed by atoms with Crippen LogP contribution in [-0.2, 0) is 0 Å². The quantitative estimate of drug-likeness (QED) is 0.191. The molecule has 3 aromatic heterocycles. The van der Waals surface area contributed by atoms with Crippen LogP contribution in [0.15, 0.2) is 127 Å². The number of benzene rings is 6. The summed E-state index contributed by atoms with van der Waals surface area (Å²) in [5.74, 6) is 1.85. The van der Waals surface area contributed by atoms with E-state index in [0.717, 1.165) is 38.9 Å². The van der Waals surface area contributed by atoms with Gasteiger partial charge in [0.15, 0.2) is 11.6 Å². The molecule has 11 heteroatoms. The molecule has 262 valence electrons. The van der Waals surface area contributed by atoms with Crippen LogP contribution < -0.4 is 32.8 Å². The van der Waals surface area contributed by atoms with Crippen molar-refractivity contribution < 1.29 is 0 Å². The number of hydrogen-bond acceptors (Lipinski definition) is 3. The van der Waals surface area contributed by atoms with Crippen LogP contribution in [0.5, 0.6) is 0 Å². The second-order valence-corrected chi connectivity index (χ2v) is 15.1. The van der Waals surface area contributed by atoms with Gasteiger partial charge in [-0.1, -0.05) is 148 Å². The highest BCUT2D eigenvalue weighted by Gasteiger charge is 2.27. The Morgan fingerprint density at radius 2 is 1.04 bits per heavy atom. The molecule has 0 amide bonds. The maximum atomic E-state index is 5.42. The van der Waals surface area contributed by atoms with Gasteiger partial charge >= 0.3 is 0 Å². The number of aromatic nitrogens is 5. The van der Waals surface area contributed by atoms with Crippen LogP contribution in [-0.4, -0.2) is 71.2 Å². The number of nitrogens with zero attached hydrogens (tertiary/aromatic N) is 5. The Hall–Kier alpha value is -6.20. The maximum absolute atomic E-state index is 5.42. The van der Waals surface area contributed by atoms with Crippen molar-refractivity contribution in [3.8, 4) is 34.4 Å². The fourth-order valence-corrected chi connectivity index (χ4v) is 8.88. The van der Waals surface area contributed by atoms with Crippen molar-refractivity contribution >= 4 is 129 Å². The van der Waals surface area contributed by atoms with Crippen LogP contribution in [0.2, 0.25) is 0 Å². The summed E-state index contributed by atoms with van der Waals surface area (Å²) in [6.07, 6.45) is 6.35. The lowest BCUT2D eigenvalue weighted by Crippen LogP contribution is -2.27. The van der Waals surface area contributed by atoms with Crippen molar-refractivity contribution in [3.63, 3.8) is 0 Å². The molecule has 0 radical (unpaired) electrons. The number of rotatable bonds is 6. The fraction of sp³-hybridized carbons (Fsp3) is 0.0444. The van der Waals surface area contributed by atoms with E-state index in [4.69, 9.17) is 15.0 Å². The predicted molar refractivity (Wildman–Crippen MR) is 257 cm³/mol. The predicted octanol–water partition coefficient (Wildman–Crippen LogP) is 0.930. The number of fused-ring (bicyclic) bond motifs is 7. The molecule has 0 aliphatic carbocycles. The zero-order valence-corrected chi connectivity index (χ0v) is 33.4. The number of para-hydroxylation sites is 1. The number of hydrogen-bond donors (Lipinski definition) is 0. The van der Waals surface area contributed by atoms with Gasteiger partial charge in [-0.25, -0.2) is 4.98 Å². The molecule has 9 aromatic rings. The van der Waals surface area contributed by atoms with E-state index in [9.17, 15) is 0 Å². The largest absolute Gasteiger partial charge is 0.308 e. The first kappa shape index (κ1) is 35.5. The first-order chi connectivity index (χ1) is 27.2. The van der Waals surface area contributed by atoms with E-state index in [-0.39, 0.29) is 0 Å². The highest BCUT2D eigenvalue weighted by molar-refractivity contribution is 6.61. The molecule has 0 aliphatic heterocycles. The Morgan fingerprint density at radius 3 is 1.57 bits per heavy atom. The Bertz CT molecular complexity index is 3090. The molecule has 0 saturated heterocycles. The van der Waals surface area contributed by atoms with Crippen LogP contribution in [0.25, 0.3) is 83.6 Å². The minimum Gasteiger partial charge on any atom is -0.308 e. The van der Waals surface area contributed by atoms with Crippen molar-refractivity contribution in [3.05, 3.63) is 133 Å². The van der Waals surface area contributed by atoms with Gasteiger partial charge in [0.25, 0.3) is 0 Å². The molecule has 0 spiro atoms. The molecule has 5 nitrogen and oxygen atoms in total. The van der Waals surface area contributed by atoms with Gasteiger partial charge in [-0.05, 0) is 37.1 Å². The lowest BCUT2D eigenvalue weighted by molar-refractivity contribution is 0.955. The molecule has 0 bridgehead atoms. The molecule has 0 unspecified atom stereocenters. The van der Waals surface area contributed by atoms with Gasteiger partial charge in [-0.3, -0.25) is 4.57 Å². The highest BCUT2D eigenvalue weighted by atomic mass is 15.2. The molecule has 0 atom stereocenters. The summed E-state index contributed by atoms with van der Waals surface area (Å²) >= 11 is 0. The van der Waals surface area contributed by atoms with Crippen molar-refractivity contribution in [2.45, 2.75) is 13.8 Å². The maximum Gasteiger partial charge on any atom is 0.238 e. The third-order valence-corrected chi connectivity index (χ3v) is 11.3. The van der Waals surface area contributed by atoms with E-state index in [1.165, 1.54) is 65.4 Å². The first-order valence-corrected chi connectivity index (χ1v) is 19.5. The monoisotopic (exact) mass is 715 g/mol. The van der Waals surface area contributed by atoms with E-state index < -0.39 is 0 Å². The topological polar surface area (TPSA) is 48.5 Å². The van der Waals surface area contributed by atoms with Gasteiger partial charge in [0.2, 0.25) is 5.95 Å². The SMILES string of the molecule is Bc1cc(B)c2c(c1)c1c(B)c(B)c3c4cc(B)cc(B)c4n(-c4nc(-c5ccccc5)nc(-c5ccc(C(/C=C\C)=C/C)cc5)n4)c3c1n2-c1ccccc1. The Morgan fingerprint density at radius 1 is 0.536 bits per heavy atom. The summed E-state index contributed by atoms with van der Waals surface area (Å²) in [6, 6.07) is 38.9. The molecule has 0 aliphatic rings. The van der Waals surface area contributed by atoms with Crippen LogP contribution in [0.1, 0.15) is 19.4 Å². The third kappa shape index (κ3) is 5.59. The average Bonchev–Trinajstić information content (AvgIpc) is 3.74. The van der Waals surface area contributed by atoms with Crippen molar-refractivity contribution in [2.75, 3.05) is 0 Å². The van der Waals surface area contributed by atoms with Gasteiger partial charge in [-0.15, -0.1) is 0 Å². The van der Waals surface area contributed by atoms with E-state index in [0.29, 0.717) is 17.6 Å². The molecular weight excluding hydrogens is 675 g/mol. The second-order valence-electron chi connectivity index (χ2n) is 15.1. The molecule has 56 heavy (non-hydrogen) atoms. The average molecular weight is 715 g/mol. The third-order valence-electron chi connectivity index (χ3n) is 11.3. The zero-order chi connectivity index (χ0) is 38.8. The van der Waals surface area contributed by atoms with E-state index in [2.05, 4.69) is 172 Å². The van der Waals surface area contributed by atoms with Crippen molar-refractivity contribution in [1.82, 2.24) is 24.1 Å². The fourth-order valence-electron chi connectivity index (χ4n) is 8.88. The minimum atomic E-state index is 0.593. The second kappa shape index (κ2) is 13.8. The summed E-state index contributed by atoms with van der Waals surface area (Å²) < 4.78 is 4.82. The molecule has 6 aromatic carbocycles. The summed E-state index contributed by atoms with van der Waals surface area (Å²) in [5, 5.41) is 4.94. The summed E-state index contributed by atoms with van der Waals surface area (Å²) in [6.45, 7) is 4.12. The van der Waals surface area contributed by atoms with Gasteiger partial charge in [0, 0.05) is 43.9 Å². The van der Waals surface area contributed by atoms with Crippen molar-refractivity contribution in [1.29, 1.82) is 0 Å². The Kier molecular flexibility index (Phi) is 8.76. The molecule has 3 heterocycles. The zero-order valence-electron chi connectivity index (χ0n) is 33.4. The first-order valence-electron chi connectivity index (χ1n) is 19.5. The van der Waals surface area contributed by atoms with Gasteiger partial charge in [0.1, 0.15) is 47.1 Å². The van der Waals surface area contributed by atoms with Gasteiger partial charge in [0.05, 0.1) is 16.6 Å². The standard InChI is InChI=1S/C45H39B6N5/c1-3-11-24(4-2)25-16-18-27(19-17-25)44-52-43(26-12-7-5-8-13-26)53-45(54-44)56-40-32(21-29(47)23-34(40)49)36-38(51)37(50)35-31-20-28(46)22-33(48)39(31)55(41(35)42(36)56)30-14-9-6-10-15-30/h3-23H,46-51H2,1-2H3/b11-3-,24-4+. The molecule has 0 saturated carbocycles.